The van der Waals surface area contributed by atoms with Gasteiger partial charge in [0.2, 0.25) is 0 Å². The Labute approximate surface area is 281 Å². The molecular formula is C46H36S. The minimum Gasteiger partial charge on any atom is -0.0936 e. The van der Waals surface area contributed by atoms with Gasteiger partial charge in [0.25, 0.3) is 0 Å². The highest BCUT2D eigenvalue weighted by molar-refractivity contribution is 8.03. The highest BCUT2D eigenvalue weighted by atomic mass is 32.2. The molecule has 226 valence electrons. The van der Waals surface area contributed by atoms with Crippen molar-refractivity contribution in [1.29, 1.82) is 0 Å². The lowest BCUT2D eigenvalue weighted by Crippen LogP contribution is -2.06. The van der Waals surface area contributed by atoms with Gasteiger partial charge >= 0.3 is 0 Å². The molecule has 0 saturated carbocycles. The van der Waals surface area contributed by atoms with Gasteiger partial charge in [0, 0.05) is 10.8 Å². The summed E-state index contributed by atoms with van der Waals surface area (Å²) in [5, 5.41) is 7.97. The second-order valence-corrected chi connectivity index (χ2v) is 14.3. The molecule has 0 bridgehead atoms. The summed E-state index contributed by atoms with van der Waals surface area (Å²) < 4.78 is 0. The fourth-order valence-corrected chi connectivity index (χ4v) is 9.12. The Hall–Kier alpha value is -4.85. The van der Waals surface area contributed by atoms with Crippen LogP contribution in [0.4, 0.5) is 0 Å². The Balaban J connectivity index is 1.05. The van der Waals surface area contributed by atoms with Crippen molar-refractivity contribution >= 4 is 44.1 Å². The molecule has 1 heterocycles. The smallest absolute Gasteiger partial charge is 0.0199 e. The lowest BCUT2D eigenvalue weighted by molar-refractivity contribution is 0.621. The average Bonchev–Trinajstić information content (AvgIpc) is 3.51. The molecule has 1 heteroatoms. The van der Waals surface area contributed by atoms with Crippen LogP contribution in [0.1, 0.15) is 46.9 Å². The first kappa shape index (κ1) is 28.4. The first-order valence-corrected chi connectivity index (χ1v) is 17.7. The fraction of sp³-hybridized carbons (Fsp3) is 0.130. The van der Waals surface area contributed by atoms with Crippen LogP contribution in [-0.2, 0) is 12.8 Å². The van der Waals surface area contributed by atoms with Crippen LogP contribution in [-0.4, -0.2) is 0 Å². The molecular weight excluding hydrogens is 585 g/mol. The molecule has 0 aromatic heterocycles. The van der Waals surface area contributed by atoms with Crippen molar-refractivity contribution in [3.63, 3.8) is 0 Å². The van der Waals surface area contributed by atoms with Crippen molar-refractivity contribution in [2.24, 2.45) is 0 Å². The summed E-state index contributed by atoms with van der Waals surface area (Å²) in [6.45, 7) is 0. The monoisotopic (exact) mass is 620 g/mol. The maximum absolute atomic E-state index is 2.47. The summed E-state index contributed by atoms with van der Waals surface area (Å²) in [5.41, 5.74) is 8.34. The first-order chi connectivity index (χ1) is 23.3. The van der Waals surface area contributed by atoms with E-state index in [-0.39, 0.29) is 0 Å². The molecule has 0 amide bonds. The number of benzene rings is 7. The molecule has 0 saturated heterocycles. The lowest BCUT2D eigenvalue weighted by Gasteiger charge is -2.20. The summed E-state index contributed by atoms with van der Waals surface area (Å²) in [4.78, 5) is 2.97. The van der Waals surface area contributed by atoms with Crippen LogP contribution in [0.5, 0.6) is 0 Å². The van der Waals surface area contributed by atoms with Gasteiger partial charge < -0.3 is 0 Å². The Morgan fingerprint density at radius 1 is 0.617 bits per heavy atom. The number of rotatable bonds is 7. The standard InChI is InChI=1S/C46H36S/c1-2-8-33(9-3-1)34-18-14-31(15-19-34)28-37(20-16-32-17-26-43-42-12-6-7-13-44(42)47-45(43)29-32)38-25-27-41-39(30-38)24-23-36-22-21-35-10-4-5-11-40(35)46(36)41/h1-11,13-15,17-19,21-27,29-30,37,42H,12,16,20,28H2. The minimum absolute atomic E-state index is 0.417. The topological polar surface area (TPSA) is 0 Å². The molecule has 9 rings (SSSR count). The van der Waals surface area contributed by atoms with E-state index in [2.05, 4.69) is 158 Å². The maximum atomic E-state index is 2.47. The lowest BCUT2D eigenvalue weighted by atomic mass is 9.85. The van der Waals surface area contributed by atoms with Crippen molar-refractivity contribution in [2.75, 3.05) is 0 Å². The number of hydrogen-bond donors (Lipinski definition) is 0. The van der Waals surface area contributed by atoms with E-state index in [1.165, 1.54) is 75.5 Å². The highest BCUT2D eigenvalue weighted by Crippen LogP contribution is 2.51. The molecule has 2 aliphatic rings. The van der Waals surface area contributed by atoms with Crippen LogP contribution in [0.15, 0.2) is 168 Å². The van der Waals surface area contributed by atoms with E-state index in [4.69, 9.17) is 0 Å². The largest absolute Gasteiger partial charge is 0.0936 e. The molecule has 7 aromatic rings. The third kappa shape index (κ3) is 5.39. The Bertz CT molecular complexity index is 2320. The zero-order chi connectivity index (χ0) is 31.2. The van der Waals surface area contributed by atoms with Gasteiger partial charge in [-0.1, -0.05) is 163 Å². The van der Waals surface area contributed by atoms with Crippen LogP contribution >= 0.6 is 11.8 Å². The normalized spacial score (nSPS) is 15.9. The van der Waals surface area contributed by atoms with Crippen molar-refractivity contribution in [3.8, 4) is 11.1 Å². The number of thioether (sulfide) groups is 1. The Kier molecular flexibility index (Phi) is 7.28. The van der Waals surface area contributed by atoms with Crippen LogP contribution in [0.3, 0.4) is 0 Å². The van der Waals surface area contributed by atoms with E-state index in [0.29, 0.717) is 11.8 Å². The number of fused-ring (bicyclic) bond motifs is 8. The minimum atomic E-state index is 0.417. The molecule has 7 aromatic carbocycles. The van der Waals surface area contributed by atoms with Gasteiger partial charge in [0.15, 0.2) is 0 Å². The molecule has 0 radical (unpaired) electrons. The molecule has 0 fully saturated rings. The predicted octanol–water partition coefficient (Wildman–Crippen LogP) is 12.8. The van der Waals surface area contributed by atoms with Crippen molar-refractivity contribution < 1.29 is 0 Å². The number of aryl methyl sites for hydroxylation is 1. The van der Waals surface area contributed by atoms with Crippen LogP contribution in [0.2, 0.25) is 0 Å². The van der Waals surface area contributed by atoms with E-state index >= 15 is 0 Å². The second-order valence-electron chi connectivity index (χ2n) is 13.2. The van der Waals surface area contributed by atoms with E-state index in [0.717, 1.165) is 25.7 Å². The SMILES string of the molecule is C1=CCC2C(=C1)Sc1cc(CCC(Cc3ccc(-c4ccccc4)cc3)c3ccc4c(ccc5ccc6ccccc6c54)c3)ccc12. The molecule has 0 nitrogen and oxygen atoms in total. The Morgan fingerprint density at radius 3 is 2.26 bits per heavy atom. The summed E-state index contributed by atoms with van der Waals surface area (Å²) >= 11 is 1.98. The van der Waals surface area contributed by atoms with E-state index in [1.807, 2.05) is 11.8 Å². The Morgan fingerprint density at radius 2 is 1.36 bits per heavy atom. The average molecular weight is 621 g/mol. The quantitative estimate of drug-likeness (QED) is 0.160. The zero-order valence-electron chi connectivity index (χ0n) is 26.4. The molecule has 2 atom stereocenters. The molecule has 1 aliphatic carbocycles. The van der Waals surface area contributed by atoms with Crippen molar-refractivity contribution in [2.45, 2.75) is 42.4 Å². The molecule has 1 aliphatic heterocycles. The van der Waals surface area contributed by atoms with Gasteiger partial charge in [0.05, 0.1) is 0 Å². The summed E-state index contributed by atoms with van der Waals surface area (Å²) in [6, 6.07) is 52.4. The number of allylic oxidation sites excluding steroid dienone is 4. The van der Waals surface area contributed by atoms with Crippen LogP contribution in [0, 0.1) is 0 Å². The molecule has 47 heavy (non-hydrogen) atoms. The van der Waals surface area contributed by atoms with Gasteiger partial charge in [-0.3, -0.25) is 0 Å². The molecule has 2 unspecified atom stereocenters. The van der Waals surface area contributed by atoms with Crippen LogP contribution < -0.4 is 0 Å². The van der Waals surface area contributed by atoms with E-state index < -0.39 is 0 Å². The molecule has 0 N–H and O–H groups in total. The van der Waals surface area contributed by atoms with Gasteiger partial charge in [-0.15, -0.1) is 0 Å². The molecule has 0 spiro atoms. The predicted molar refractivity (Wildman–Crippen MR) is 202 cm³/mol. The highest BCUT2D eigenvalue weighted by Gasteiger charge is 2.28. The van der Waals surface area contributed by atoms with Crippen molar-refractivity contribution in [1.82, 2.24) is 0 Å². The summed E-state index contributed by atoms with van der Waals surface area (Å²) in [6.07, 6.45) is 11.2. The third-order valence-corrected chi connectivity index (χ3v) is 11.6. The maximum Gasteiger partial charge on any atom is 0.0199 e. The fourth-order valence-electron chi connectivity index (χ4n) is 7.82. The van der Waals surface area contributed by atoms with Gasteiger partial charge in [-0.2, -0.15) is 0 Å². The number of hydrogen-bond acceptors (Lipinski definition) is 1. The van der Waals surface area contributed by atoms with Crippen molar-refractivity contribution in [3.05, 3.63) is 185 Å². The summed E-state index contributed by atoms with van der Waals surface area (Å²) in [7, 11) is 0. The van der Waals surface area contributed by atoms with Gasteiger partial charge in [0.1, 0.15) is 0 Å². The van der Waals surface area contributed by atoms with E-state index in [9.17, 15) is 0 Å². The second kappa shape index (κ2) is 12.1. The van der Waals surface area contributed by atoms with Gasteiger partial charge in [-0.25, -0.2) is 0 Å². The first-order valence-electron chi connectivity index (χ1n) is 16.9. The third-order valence-electron chi connectivity index (χ3n) is 10.3. The zero-order valence-corrected chi connectivity index (χ0v) is 27.2. The summed E-state index contributed by atoms with van der Waals surface area (Å²) in [5.74, 6) is 0.979. The van der Waals surface area contributed by atoms with Gasteiger partial charge in [-0.05, 0) is 108 Å². The van der Waals surface area contributed by atoms with Crippen LogP contribution in [0.25, 0.3) is 43.4 Å². The van der Waals surface area contributed by atoms with E-state index in [1.54, 1.807) is 0 Å².